The minimum atomic E-state index is 0.0307. The third-order valence-corrected chi connectivity index (χ3v) is 5.01. The van der Waals surface area contributed by atoms with E-state index in [-0.39, 0.29) is 5.91 Å². The lowest BCUT2D eigenvalue weighted by molar-refractivity contribution is 0.0944. The summed E-state index contributed by atoms with van der Waals surface area (Å²) in [6.07, 6.45) is 4.94. The van der Waals surface area contributed by atoms with Crippen molar-refractivity contribution < 1.29 is 4.79 Å². The molecule has 1 amide bonds. The highest BCUT2D eigenvalue weighted by Crippen LogP contribution is 2.16. The Balaban J connectivity index is 1.74. The fourth-order valence-corrected chi connectivity index (χ4v) is 3.11. The van der Waals surface area contributed by atoms with Crippen LogP contribution in [0.2, 0.25) is 0 Å². The smallest absolute Gasteiger partial charge is 0.251 e. The van der Waals surface area contributed by atoms with Gasteiger partial charge in [0, 0.05) is 37.9 Å². The Bertz CT molecular complexity index is 492. The van der Waals surface area contributed by atoms with Crippen molar-refractivity contribution >= 4 is 11.6 Å². The fraction of sp³-hybridized carbons (Fsp3) is 0.650. The predicted molar refractivity (Wildman–Crippen MR) is 102 cm³/mol. The topological polar surface area (TPSA) is 35.6 Å². The molecule has 1 aliphatic rings. The van der Waals surface area contributed by atoms with E-state index in [1.807, 2.05) is 24.3 Å². The fourth-order valence-electron chi connectivity index (χ4n) is 3.11. The summed E-state index contributed by atoms with van der Waals surface area (Å²) in [6.45, 7) is 9.58. The number of benzene rings is 1. The lowest BCUT2D eigenvalue weighted by Gasteiger charge is -2.30. The normalized spacial score (nSPS) is 16.1. The van der Waals surface area contributed by atoms with Crippen molar-refractivity contribution in [1.82, 2.24) is 10.2 Å². The molecule has 0 spiro atoms. The van der Waals surface area contributed by atoms with Gasteiger partial charge in [0.15, 0.2) is 0 Å². The van der Waals surface area contributed by atoms with Gasteiger partial charge in [0.25, 0.3) is 5.91 Å². The van der Waals surface area contributed by atoms with Crippen LogP contribution in [-0.4, -0.2) is 50.6 Å². The average Bonchev–Trinajstić information content (AvgIpc) is 2.61. The van der Waals surface area contributed by atoms with Gasteiger partial charge in [-0.2, -0.15) is 0 Å². The van der Waals surface area contributed by atoms with Gasteiger partial charge < -0.3 is 15.1 Å². The van der Waals surface area contributed by atoms with Gasteiger partial charge in [-0.25, -0.2) is 0 Å². The average molecular weight is 332 g/mol. The lowest BCUT2D eigenvalue weighted by atomic mass is 9.99. The number of carbonyl (C=O) groups excluding carboxylic acids is 1. The molecule has 1 saturated heterocycles. The lowest BCUT2D eigenvalue weighted by Crippen LogP contribution is -2.39. The third kappa shape index (κ3) is 5.82. The summed E-state index contributed by atoms with van der Waals surface area (Å²) >= 11 is 0. The van der Waals surface area contributed by atoms with Gasteiger partial charge in [0.05, 0.1) is 0 Å². The number of nitrogens with zero attached hydrogens (tertiary/aromatic N) is 2. The van der Waals surface area contributed by atoms with Crippen LogP contribution < -0.4 is 10.2 Å². The number of anilines is 1. The van der Waals surface area contributed by atoms with E-state index in [1.54, 1.807) is 0 Å². The number of unbranched alkanes of at least 4 members (excludes halogenated alkanes) is 1. The van der Waals surface area contributed by atoms with Crippen LogP contribution in [0.4, 0.5) is 5.69 Å². The maximum absolute atomic E-state index is 12.2. The highest BCUT2D eigenvalue weighted by molar-refractivity contribution is 5.94. The minimum absolute atomic E-state index is 0.0307. The summed E-state index contributed by atoms with van der Waals surface area (Å²) in [7, 11) is 2.10. The number of hydrogen-bond donors (Lipinski definition) is 1. The molecule has 2 rings (SSSR count). The number of likely N-dealkylation sites (tertiary alicyclic amines) is 1. The van der Waals surface area contributed by atoms with E-state index in [0.29, 0.717) is 0 Å². The Morgan fingerprint density at radius 3 is 2.54 bits per heavy atom. The summed E-state index contributed by atoms with van der Waals surface area (Å²) in [5, 5.41) is 3.05. The molecule has 4 heteroatoms. The van der Waals surface area contributed by atoms with Crippen LogP contribution in [0.1, 0.15) is 49.9 Å². The van der Waals surface area contributed by atoms with Gasteiger partial charge >= 0.3 is 0 Å². The molecule has 0 aliphatic carbocycles. The van der Waals surface area contributed by atoms with Crippen molar-refractivity contribution in [2.24, 2.45) is 5.92 Å². The molecule has 0 unspecified atom stereocenters. The molecule has 0 bridgehead atoms. The first-order valence-electron chi connectivity index (χ1n) is 9.42. The summed E-state index contributed by atoms with van der Waals surface area (Å²) in [5.41, 5.74) is 1.91. The largest absolute Gasteiger partial charge is 0.375 e. The second kappa shape index (κ2) is 9.67. The number of hydrogen-bond acceptors (Lipinski definition) is 3. The summed E-state index contributed by atoms with van der Waals surface area (Å²) in [6, 6.07) is 7.93. The van der Waals surface area contributed by atoms with Crippen molar-refractivity contribution in [3.8, 4) is 0 Å². The first kappa shape index (κ1) is 18.8. The second-order valence-corrected chi connectivity index (χ2v) is 7.10. The number of nitrogens with one attached hydrogen (secondary N) is 1. The Morgan fingerprint density at radius 2 is 1.92 bits per heavy atom. The molecule has 1 aromatic carbocycles. The third-order valence-electron chi connectivity index (χ3n) is 5.01. The number of amides is 1. The van der Waals surface area contributed by atoms with Crippen LogP contribution in [0.15, 0.2) is 24.3 Å². The first-order chi connectivity index (χ1) is 11.6. The first-order valence-corrected chi connectivity index (χ1v) is 9.42. The van der Waals surface area contributed by atoms with Crippen molar-refractivity contribution in [3.05, 3.63) is 29.8 Å². The summed E-state index contributed by atoms with van der Waals surface area (Å²) < 4.78 is 0. The standard InChI is InChI=1S/C20H33N3O/c1-4-5-13-22(3)19-8-6-18(7-9-19)20(24)21-12-16-23-14-10-17(2)11-15-23/h6-9,17H,4-5,10-16H2,1-3H3,(H,21,24). The van der Waals surface area contributed by atoms with Crippen molar-refractivity contribution in [2.75, 3.05) is 44.7 Å². The Kier molecular flexibility index (Phi) is 7.57. The van der Waals surface area contributed by atoms with E-state index in [1.165, 1.54) is 31.4 Å². The molecule has 0 aromatic heterocycles. The zero-order valence-electron chi connectivity index (χ0n) is 15.6. The Morgan fingerprint density at radius 1 is 1.25 bits per heavy atom. The Labute approximate surface area is 147 Å². The van der Waals surface area contributed by atoms with Crippen molar-refractivity contribution in [2.45, 2.75) is 39.5 Å². The van der Waals surface area contributed by atoms with E-state index in [0.717, 1.165) is 44.2 Å². The van der Waals surface area contributed by atoms with Gasteiger partial charge in [-0.1, -0.05) is 20.3 Å². The number of carbonyl (C=O) groups is 1. The minimum Gasteiger partial charge on any atom is -0.375 e. The van der Waals surface area contributed by atoms with Crippen LogP contribution in [-0.2, 0) is 0 Å². The van der Waals surface area contributed by atoms with Crippen molar-refractivity contribution in [1.29, 1.82) is 0 Å². The quantitative estimate of drug-likeness (QED) is 0.793. The van der Waals surface area contributed by atoms with E-state index in [2.05, 4.69) is 36.0 Å². The zero-order valence-corrected chi connectivity index (χ0v) is 15.6. The summed E-state index contributed by atoms with van der Waals surface area (Å²) in [4.78, 5) is 16.9. The molecule has 134 valence electrons. The van der Waals surface area contributed by atoms with Gasteiger partial charge in [-0.05, 0) is 62.5 Å². The zero-order chi connectivity index (χ0) is 17.4. The van der Waals surface area contributed by atoms with E-state index >= 15 is 0 Å². The molecule has 4 nitrogen and oxygen atoms in total. The molecule has 0 atom stereocenters. The van der Waals surface area contributed by atoms with Crippen molar-refractivity contribution in [3.63, 3.8) is 0 Å². The highest BCUT2D eigenvalue weighted by Gasteiger charge is 2.15. The maximum Gasteiger partial charge on any atom is 0.251 e. The van der Waals surface area contributed by atoms with E-state index in [9.17, 15) is 4.79 Å². The molecule has 0 saturated carbocycles. The number of rotatable bonds is 8. The highest BCUT2D eigenvalue weighted by atomic mass is 16.1. The van der Waals surface area contributed by atoms with Gasteiger partial charge in [0.2, 0.25) is 0 Å². The van der Waals surface area contributed by atoms with Crippen LogP contribution in [0, 0.1) is 5.92 Å². The summed E-state index contributed by atoms with van der Waals surface area (Å²) in [5.74, 6) is 0.882. The Hall–Kier alpha value is -1.55. The monoisotopic (exact) mass is 331 g/mol. The molecule has 1 fully saturated rings. The van der Waals surface area contributed by atoms with E-state index < -0.39 is 0 Å². The van der Waals surface area contributed by atoms with Crippen LogP contribution in [0.25, 0.3) is 0 Å². The van der Waals surface area contributed by atoms with Crippen LogP contribution in [0.5, 0.6) is 0 Å². The molecule has 1 N–H and O–H groups in total. The molecular weight excluding hydrogens is 298 g/mol. The van der Waals surface area contributed by atoms with Gasteiger partial charge in [-0.15, -0.1) is 0 Å². The molecule has 0 radical (unpaired) electrons. The van der Waals surface area contributed by atoms with E-state index in [4.69, 9.17) is 0 Å². The second-order valence-electron chi connectivity index (χ2n) is 7.10. The number of piperidine rings is 1. The SMILES string of the molecule is CCCCN(C)c1ccc(C(=O)NCCN2CCC(C)CC2)cc1. The molecule has 1 aromatic rings. The van der Waals surface area contributed by atoms with Gasteiger partial charge in [0.1, 0.15) is 0 Å². The van der Waals surface area contributed by atoms with Gasteiger partial charge in [-0.3, -0.25) is 4.79 Å². The molecule has 24 heavy (non-hydrogen) atoms. The predicted octanol–water partition coefficient (Wildman–Crippen LogP) is 3.38. The molecule has 1 heterocycles. The van der Waals surface area contributed by atoms with Crippen LogP contribution >= 0.6 is 0 Å². The maximum atomic E-state index is 12.2. The molecule has 1 aliphatic heterocycles. The molecular formula is C20H33N3O. The van der Waals surface area contributed by atoms with Crippen LogP contribution in [0.3, 0.4) is 0 Å².